The van der Waals surface area contributed by atoms with E-state index in [1.54, 1.807) is 6.92 Å². The van der Waals surface area contributed by atoms with E-state index in [9.17, 15) is 8.42 Å². The summed E-state index contributed by atoms with van der Waals surface area (Å²) in [5.74, 6) is 0.362. The maximum atomic E-state index is 12.0. The summed E-state index contributed by atoms with van der Waals surface area (Å²) in [6, 6.07) is -0.336. The SMILES string of the molecule is COCC(CCCl)NS(=O)(=O)c1cn[nH]c1C. The normalized spacial score (nSPS) is 13.8. The zero-order valence-electron chi connectivity index (χ0n) is 9.73. The Hall–Kier alpha value is -0.630. The minimum absolute atomic E-state index is 0.146. The van der Waals surface area contributed by atoms with Crippen LogP contribution in [0.4, 0.5) is 0 Å². The average molecular weight is 282 g/mol. The summed E-state index contributed by atoms with van der Waals surface area (Å²) < 4.78 is 31.5. The number of rotatable bonds is 7. The van der Waals surface area contributed by atoms with Crippen LogP contribution in [0.1, 0.15) is 12.1 Å². The molecule has 2 N–H and O–H groups in total. The molecule has 98 valence electrons. The van der Waals surface area contributed by atoms with E-state index in [4.69, 9.17) is 16.3 Å². The third kappa shape index (κ3) is 3.95. The smallest absolute Gasteiger partial charge is 0.244 e. The fraction of sp³-hybridized carbons (Fsp3) is 0.667. The van der Waals surface area contributed by atoms with Gasteiger partial charge in [0.15, 0.2) is 0 Å². The number of aryl methyl sites for hydroxylation is 1. The molecule has 1 atom stereocenters. The number of hydrogen-bond donors (Lipinski definition) is 2. The van der Waals surface area contributed by atoms with Crippen molar-refractivity contribution in [2.24, 2.45) is 0 Å². The van der Waals surface area contributed by atoms with E-state index >= 15 is 0 Å². The van der Waals surface area contributed by atoms with Crippen LogP contribution in [0.5, 0.6) is 0 Å². The van der Waals surface area contributed by atoms with Gasteiger partial charge >= 0.3 is 0 Å². The Morgan fingerprint density at radius 3 is 2.82 bits per heavy atom. The summed E-state index contributed by atoms with van der Waals surface area (Å²) in [6.45, 7) is 1.93. The highest BCUT2D eigenvalue weighted by Gasteiger charge is 2.22. The number of aromatic amines is 1. The van der Waals surface area contributed by atoms with Gasteiger partial charge in [0.25, 0.3) is 0 Å². The molecule has 0 aliphatic rings. The second-order valence-electron chi connectivity index (χ2n) is 3.61. The molecule has 1 heterocycles. The molecular weight excluding hydrogens is 266 g/mol. The minimum atomic E-state index is -3.57. The van der Waals surface area contributed by atoms with E-state index in [0.29, 0.717) is 18.0 Å². The number of halogens is 1. The molecule has 17 heavy (non-hydrogen) atoms. The first-order valence-corrected chi connectivity index (χ1v) is 7.10. The van der Waals surface area contributed by atoms with Crippen LogP contribution in [0, 0.1) is 6.92 Å². The molecule has 1 aromatic rings. The molecule has 6 nitrogen and oxygen atoms in total. The molecule has 0 radical (unpaired) electrons. The van der Waals surface area contributed by atoms with Crippen molar-refractivity contribution in [3.63, 3.8) is 0 Å². The fourth-order valence-electron chi connectivity index (χ4n) is 1.40. The van der Waals surface area contributed by atoms with E-state index in [1.165, 1.54) is 13.3 Å². The van der Waals surface area contributed by atoms with Gasteiger partial charge in [0.05, 0.1) is 18.5 Å². The maximum absolute atomic E-state index is 12.0. The van der Waals surface area contributed by atoms with Crippen LogP contribution in [-0.2, 0) is 14.8 Å². The van der Waals surface area contributed by atoms with Crippen molar-refractivity contribution in [1.82, 2.24) is 14.9 Å². The first-order valence-electron chi connectivity index (χ1n) is 5.08. The summed E-state index contributed by atoms with van der Waals surface area (Å²) >= 11 is 5.61. The van der Waals surface area contributed by atoms with Gasteiger partial charge in [0, 0.05) is 19.0 Å². The number of nitrogens with one attached hydrogen (secondary N) is 2. The third-order valence-corrected chi connectivity index (χ3v) is 4.07. The van der Waals surface area contributed by atoms with Gasteiger partial charge in [0.1, 0.15) is 4.90 Å². The number of aromatic nitrogens is 2. The summed E-state index contributed by atoms with van der Waals surface area (Å²) in [6.07, 6.45) is 1.79. The van der Waals surface area contributed by atoms with Gasteiger partial charge in [-0.15, -0.1) is 11.6 Å². The molecule has 1 unspecified atom stereocenters. The van der Waals surface area contributed by atoms with Gasteiger partial charge in [-0.1, -0.05) is 0 Å². The predicted octanol–water partition coefficient (Wildman–Crippen LogP) is 0.640. The zero-order valence-corrected chi connectivity index (χ0v) is 11.3. The van der Waals surface area contributed by atoms with Crippen LogP contribution in [-0.4, -0.2) is 44.3 Å². The quantitative estimate of drug-likeness (QED) is 0.719. The van der Waals surface area contributed by atoms with Gasteiger partial charge in [-0.2, -0.15) is 5.10 Å². The molecule has 0 aliphatic heterocycles. The third-order valence-electron chi connectivity index (χ3n) is 2.22. The van der Waals surface area contributed by atoms with Gasteiger partial charge in [-0.3, -0.25) is 5.10 Å². The molecule has 1 aromatic heterocycles. The van der Waals surface area contributed by atoms with Crippen LogP contribution in [0.2, 0.25) is 0 Å². The Morgan fingerprint density at radius 1 is 1.65 bits per heavy atom. The monoisotopic (exact) mass is 281 g/mol. The lowest BCUT2D eigenvalue weighted by atomic mass is 10.3. The molecule has 0 bridgehead atoms. The molecule has 0 amide bonds. The van der Waals surface area contributed by atoms with Gasteiger partial charge < -0.3 is 4.74 Å². The lowest BCUT2D eigenvalue weighted by Crippen LogP contribution is -2.38. The van der Waals surface area contributed by atoms with Crippen molar-refractivity contribution in [3.05, 3.63) is 11.9 Å². The summed E-state index contributed by atoms with van der Waals surface area (Å²) in [5.41, 5.74) is 0.500. The van der Waals surface area contributed by atoms with Crippen molar-refractivity contribution >= 4 is 21.6 Å². The van der Waals surface area contributed by atoms with E-state index < -0.39 is 10.0 Å². The molecule has 0 spiro atoms. The molecule has 8 heteroatoms. The number of hydrogen-bond acceptors (Lipinski definition) is 4. The Kier molecular flexibility index (Phi) is 5.38. The van der Waals surface area contributed by atoms with E-state index in [0.717, 1.165) is 0 Å². The van der Waals surface area contributed by atoms with Crippen molar-refractivity contribution in [1.29, 1.82) is 0 Å². The first-order chi connectivity index (χ1) is 8.01. The van der Waals surface area contributed by atoms with Crippen LogP contribution in [0.25, 0.3) is 0 Å². The number of methoxy groups -OCH3 is 1. The Labute approximate surface area is 106 Å². The molecule has 1 rings (SSSR count). The Morgan fingerprint density at radius 2 is 2.35 bits per heavy atom. The standard InChI is InChI=1S/C9H16ClN3O3S/c1-7-9(5-11-12-7)17(14,15)13-8(3-4-10)6-16-2/h5,8,13H,3-4,6H2,1-2H3,(H,11,12). The molecule has 0 saturated heterocycles. The molecule has 0 fully saturated rings. The predicted molar refractivity (Wildman–Crippen MR) is 64.6 cm³/mol. The van der Waals surface area contributed by atoms with E-state index in [1.807, 2.05) is 0 Å². The maximum Gasteiger partial charge on any atom is 0.244 e. The lowest BCUT2D eigenvalue weighted by molar-refractivity contribution is 0.173. The number of H-pyrrole nitrogens is 1. The highest BCUT2D eigenvalue weighted by Crippen LogP contribution is 2.12. The molecule has 0 aromatic carbocycles. The van der Waals surface area contributed by atoms with Crippen molar-refractivity contribution in [2.45, 2.75) is 24.3 Å². The van der Waals surface area contributed by atoms with Crippen molar-refractivity contribution < 1.29 is 13.2 Å². The van der Waals surface area contributed by atoms with Crippen LogP contribution < -0.4 is 4.72 Å². The fourth-order valence-corrected chi connectivity index (χ4v) is 3.06. The van der Waals surface area contributed by atoms with E-state index in [2.05, 4.69) is 14.9 Å². The Bertz CT molecular complexity index is 440. The summed E-state index contributed by atoms with van der Waals surface area (Å²) in [7, 11) is -2.06. The van der Waals surface area contributed by atoms with Crippen molar-refractivity contribution in [2.75, 3.05) is 19.6 Å². The van der Waals surface area contributed by atoms with Gasteiger partial charge in [0.2, 0.25) is 10.0 Å². The lowest BCUT2D eigenvalue weighted by Gasteiger charge is -2.16. The number of sulfonamides is 1. The van der Waals surface area contributed by atoms with Crippen LogP contribution in [0.3, 0.4) is 0 Å². The molecule has 0 saturated carbocycles. The van der Waals surface area contributed by atoms with Crippen molar-refractivity contribution in [3.8, 4) is 0 Å². The highest BCUT2D eigenvalue weighted by molar-refractivity contribution is 7.89. The second-order valence-corrected chi connectivity index (χ2v) is 5.67. The Balaban J connectivity index is 2.81. The highest BCUT2D eigenvalue weighted by atomic mass is 35.5. The number of nitrogens with zero attached hydrogens (tertiary/aromatic N) is 1. The first kappa shape index (κ1) is 14.4. The minimum Gasteiger partial charge on any atom is -0.383 e. The molecule has 0 aliphatic carbocycles. The van der Waals surface area contributed by atoms with E-state index in [-0.39, 0.29) is 17.5 Å². The zero-order chi connectivity index (χ0) is 12.9. The number of ether oxygens (including phenoxy) is 1. The molecular formula is C9H16ClN3O3S. The topological polar surface area (TPSA) is 84.1 Å². The van der Waals surface area contributed by atoms with Crippen LogP contribution in [0.15, 0.2) is 11.1 Å². The second kappa shape index (κ2) is 6.34. The number of alkyl halides is 1. The summed E-state index contributed by atoms with van der Waals surface area (Å²) in [4.78, 5) is 0.146. The van der Waals surface area contributed by atoms with Crippen LogP contribution >= 0.6 is 11.6 Å². The van der Waals surface area contributed by atoms with Gasteiger partial charge in [-0.05, 0) is 13.3 Å². The largest absolute Gasteiger partial charge is 0.383 e. The summed E-state index contributed by atoms with van der Waals surface area (Å²) in [5, 5.41) is 6.27. The van der Waals surface area contributed by atoms with Gasteiger partial charge in [-0.25, -0.2) is 13.1 Å². The average Bonchev–Trinajstić information content (AvgIpc) is 2.65.